The van der Waals surface area contributed by atoms with E-state index in [4.69, 9.17) is 0 Å². The van der Waals surface area contributed by atoms with Gasteiger partial charge in [0.25, 0.3) is 0 Å². The Kier molecular flexibility index (Phi) is 3.16. The van der Waals surface area contributed by atoms with Gasteiger partial charge in [0.05, 0.1) is 0 Å². The maximum atomic E-state index is 12.7. The van der Waals surface area contributed by atoms with Crippen molar-refractivity contribution in [2.75, 3.05) is 0 Å². The highest BCUT2D eigenvalue weighted by Crippen LogP contribution is 2.43. The Morgan fingerprint density at radius 2 is 1.50 bits per heavy atom. The first-order valence-electron chi connectivity index (χ1n) is 3.88. The molecule has 0 aliphatic heterocycles. The molecule has 0 saturated heterocycles. The smallest absolute Gasteiger partial charge is 0.418 e. The SMILES string of the molecule is O=[C]Oc1ccc(C(F)(F)C(F)(F)F)cc1. The normalized spacial score (nSPS) is 12.3. The number of carbonyl (C=O) groups excluding carboxylic acids is 1. The molecule has 0 atom stereocenters. The molecule has 1 aromatic carbocycles. The molecule has 0 aliphatic rings. The summed E-state index contributed by atoms with van der Waals surface area (Å²) in [5.41, 5.74) is -1.22. The molecule has 16 heavy (non-hydrogen) atoms. The van der Waals surface area contributed by atoms with E-state index in [1.807, 2.05) is 0 Å². The highest BCUT2D eigenvalue weighted by atomic mass is 19.4. The van der Waals surface area contributed by atoms with Gasteiger partial charge in [-0.2, -0.15) is 22.0 Å². The van der Waals surface area contributed by atoms with E-state index < -0.39 is 17.7 Å². The van der Waals surface area contributed by atoms with Crippen LogP contribution in [0, 0.1) is 0 Å². The molecule has 0 heterocycles. The molecule has 2 nitrogen and oxygen atoms in total. The molecule has 87 valence electrons. The van der Waals surface area contributed by atoms with Gasteiger partial charge in [0.2, 0.25) is 0 Å². The third kappa shape index (κ3) is 2.29. The Hall–Kier alpha value is -1.66. The molecule has 1 radical (unpaired) electrons. The molecule has 0 aromatic heterocycles. The van der Waals surface area contributed by atoms with Crippen LogP contribution in [-0.4, -0.2) is 12.6 Å². The van der Waals surface area contributed by atoms with E-state index in [9.17, 15) is 26.7 Å². The maximum absolute atomic E-state index is 12.7. The summed E-state index contributed by atoms with van der Waals surface area (Å²) in [6.45, 7) is 1.01. The fourth-order valence-corrected chi connectivity index (χ4v) is 0.944. The van der Waals surface area contributed by atoms with Crippen LogP contribution < -0.4 is 4.74 Å². The molecule has 1 aromatic rings. The monoisotopic (exact) mass is 239 g/mol. The van der Waals surface area contributed by atoms with Gasteiger partial charge in [-0.1, -0.05) is 0 Å². The second-order valence-electron chi connectivity index (χ2n) is 2.78. The van der Waals surface area contributed by atoms with Crippen LogP contribution in [0.25, 0.3) is 0 Å². The van der Waals surface area contributed by atoms with Gasteiger partial charge in [-0.25, -0.2) is 4.79 Å². The van der Waals surface area contributed by atoms with E-state index in [0.29, 0.717) is 12.1 Å². The summed E-state index contributed by atoms with van der Waals surface area (Å²) in [6, 6.07) is 2.69. The standard InChI is InChI=1S/C9H4F5O2/c10-8(11,9(12,13)14)6-1-3-7(4-2-6)16-5-15/h1-4H. The molecule has 0 N–H and O–H groups in total. The maximum Gasteiger partial charge on any atom is 0.458 e. The van der Waals surface area contributed by atoms with Crippen LogP contribution in [0.2, 0.25) is 0 Å². The van der Waals surface area contributed by atoms with E-state index in [2.05, 4.69) is 4.74 Å². The van der Waals surface area contributed by atoms with Crippen LogP contribution in [0.15, 0.2) is 24.3 Å². The predicted molar refractivity (Wildman–Crippen MR) is 42.7 cm³/mol. The van der Waals surface area contributed by atoms with Crippen molar-refractivity contribution in [3.63, 3.8) is 0 Å². The molecular formula is C9H4F5O2. The molecule has 0 unspecified atom stereocenters. The van der Waals surface area contributed by atoms with Crippen LogP contribution in [0.4, 0.5) is 22.0 Å². The van der Waals surface area contributed by atoms with Crippen LogP contribution in [0.1, 0.15) is 5.56 Å². The van der Waals surface area contributed by atoms with Gasteiger partial charge in [0, 0.05) is 5.56 Å². The Bertz CT molecular complexity index is 368. The fourth-order valence-electron chi connectivity index (χ4n) is 0.944. The lowest BCUT2D eigenvalue weighted by atomic mass is 10.1. The Morgan fingerprint density at radius 1 is 1.00 bits per heavy atom. The Morgan fingerprint density at radius 3 is 1.88 bits per heavy atom. The summed E-state index contributed by atoms with van der Waals surface area (Å²) in [5.74, 6) is -5.10. The molecule has 0 amide bonds. The van der Waals surface area contributed by atoms with Crippen molar-refractivity contribution in [1.29, 1.82) is 0 Å². The third-order valence-corrected chi connectivity index (χ3v) is 1.73. The van der Waals surface area contributed by atoms with Crippen molar-refractivity contribution in [2.24, 2.45) is 0 Å². The second kappa shape index (κ2) is 4.07. The van der Waals surface area contributed by atoms with Gasteiger partial charge in [-0.05, 0) is 24.3 Å². The van der Waals surface area contributed by atoms with Gasteiger partial charge in [0.1, 0.15) is 5.75 Å². The molecule has 0 aliphatic carbocycles. The van der Waals surface area contributed by atoms with Crippen molar-refractivity contribution >= 4 is 6.47 Å². The number of hydrogen-bond acceptors (Lipinski definition) is 2. The number of alkyl halides is 5. The van der Waals surface area contributed by atoms with Crippen LogP contribution in [-0.2, 0) is 10.7 Å². The van der Waals surface area contributed by atoms with Crippen molar-refractivity contribution < 1.29 is 31.5 Å². The van der Waals surface area contributed by atoms with Crippen molar-refractivity contribution in [2.45, 2.75) is 12.1 Å². The largest absolute Gasteiger partial charge is 0.458 e. The fraction of sp³-hybridized carbons (Fsp3) is 0.222. The summed E-state index contributed by atoms with van der Waals surface area (Å²) in [4.78, 5) is 9.74. The zero-order valence-electron chi connectivity index (χ0n) is 7.52. The molecular weight excluding hydrogens is 235 g/mol. The molecule has 0 bridgehead atoms. The molecule has 0 saturated carbocycles. The van der Waals surface area contributed by atoms with Crippen LogP contribution in [0.3, 0.4) is 0 Å². The molecule has 7 heteroatoms. The minimum absolute atomic E-state index is 0.170. The summed E-state index contributed by atoms with van der Waals surface area (Å²) < 4.78 is 65.4. The van der Waals surface area contributed by atoms with E-state index >= 15 is 0 Å². The van der Waals surface area contributed by atoms with E-state index in [1.165, 1.54) is 0 Å². The van der Waals surface area contributed by atoms with Crippen molar-refractivity contribution in [3.05, 3.63) is 29.8 Å². The van der Waals surface area contributed by atoms with Crippen molar-refractivity contribution in [3.8, 4) is 5.75 Å². The minimum atomic E-state index is -5.66. The predicted octanol–water partition coefficient (Wildman–Crippen LogP) is 2.79. The van der Waals surface area contributed by atoms with Gasteiger partial charge in [-0.15, -0.1) is 0 Å². The van der Waals surface area contributed by atoms with Crippen molar-refractivity contribution in [1.82, 2.24) is 0 Å². The summed E-state index contributed by atoms with van der Waals surface area (Å²) in [6.07, 6.45) is -5.66. The zero-order valence-corrected chi connectivity index (χ0v) is 7.52. The zero-order chi connectivity index (χ0) is 12.4. The Labute approximate surface area is 86.6 Å². The van der Waals surface area contributed by atoms with Gasteiger partial charge in [-0.3, -0.25) is 0 Å². The Balaban J connectivity index is 3.01. The van der Waals surface area contributed by atoms with Crippen LogP contribution >= 0.6 is 0 Å². The molecule has 0 spiro atoms. The topological polar surface area (TPSA) is 26.3 Å². The molecule has 1 rings (SSSR count). The third-order valence-electron chi connectivity index (χ3n) is 1.73. The number of halogens is 5. The lowest BCUT2D eigenvalue weighted by molar-refractivity contribution is -0.289. The lowest BCUT2D eigenvalue weighted by Gasteiger charge is -2.19. The lowest BCUT2D eigenvalue weighted by Crippen LogP contribution is -2.33. The van der Waals surface area contributed by atoms with E-state index in [-0.39, 0.29) is 5.75 Å². The average molecular weight is 239 g/mol. The minimum Gasteiger partial charge on any atom is -0.418 e. The van der Waals surface area contributed by atoms with Crippen LogP contribution in [0.5, 0.6) is 5.75 Å². The first-order chi connectivity index (χ1) is 7.29. The first kappa shape index (κ1) is 12.4. The average Bonchev–Trinajstić information content (AvgIpc) is 2.17. The van der Waals surface area contributed by atoms with E-state index in [0.717, 1.165) is 18.6 Å². The number of hydrogen-bond donors (Lipinski definition) is 0. The van der Waals surface area contributed by atoms with Gasteiger partial charge < -0.3 is 4.74 Å². The molecule has 0 fully saturated rings. The van der Waals surface area contributed by atoms with E-state index in [1.54, 1.807) is 0 Å². The summed E-state index contributed by atoms with van der Waals surface area (Å²) in [5, 5.41) is 0. The number of ether oxygens (including phenoxy) is 1. The number of benzene rings is 1. The number of rotatable bonds is 3. The summed E-state index contributed by atoms with van der Waals surface area (Å²) in [7, 11) is 0. The first-order valence-corrected chi connectivity index (χ1v) is 3.88. The summed E-state index contributed by atoms with van der Waals surface area (Å²) >= 11 is 0. The quantitative estimate of drug-likeness (QED) is 0.758. The second-order valence-corrected chi connectivity index (χ2v) is 2.78. The van der Waals surface area contributed by atoms with Gasteiger partial charge in [0.15, 0.2) is 0 Å². The highest BCUT2D eigenvalue weighted by molar-refractivity contribution is 5.46. The highest BCUT2D eigenvalue weighted by Gasteiger charge is 2.58. The van der Waals surface area contributed by atoms with Gasteiger partial charge >= 0.3 is 18.6 Å².